The topological polar surface area (TPSA) is 71.1 Å². The summed E-state index contributed by atoms with van der Waals surface area (Å²) in [4.78, 5) is 24.8. The van der Waals surface area contributed by atoms with Crippen molar-refractivity contribution in [3.8, 4) is 0 Å². The van der Waals surface area contributed by atoms with E-state index in [0.29, 0.717) is 6.61 Å². The first kappa shape index (κ1) is 17.1. The zero-order valence-electron chi connectivity index (χ0n) is 13.6. The van der Waals surface area contributed by atoms with Gasteiger partial charge in [-0.05, 0) is 26.2 Å². The maximum atomic E-state index is 11.8. The van der Waals surface area contributed by atoms with Crippen molar-refractivity contribution in [2.75, 3.05) is 13.3 Å². The minimum atomic E-state index is -0.572. The highest BCUT2D eigenvalue weighted by atomic mass is 16.6. The lowest BCUT2D eigenvalue weighted by atomic mass is 9.99. The second kappa shape index (κ2) is 6.24. The second-order valence-electron chi connectivity index (χ2n) is 7.11. The van der Waals surface area contributed by atoms with E-state index in [0.717, 1.165) is 0 Å². The van der Waals surface area contributed by atoms with Crippen molar-refractivity contribution in [3.63, 3.8) is 0 Å². The van der Waals surface area contributed by atoms with E-state index in [1.54, 1.807) is 33.2 Å². The number of hydrogen-bond acceptors (Lipinski definition) is 5. The number of carbonyl (C=O) groups excluding carboxylic acids is 2. The molecule has 0 atom stereocenters. The van der Waals surface area contributed by atoms with Crippen LogP contribution in [0.5, 0.6) is 0 Å². The summed E-state index contributed by atoms with van der Waals surface area (Å²) >= 11 is 0. The Morgan fingerprint density at radius 3 is 2.29 bits per heavy atom. The standard InChI is InChI=1S/C14H25N3O4/c1-13(2,3)9-20-12(19)16-7-8-17(10-16)15-11(18)21-14(4,5)6/h7-8H,9-10H2,1-6H3,(H,15,18). The summed E-state index contributed by atoms with van der Waals surface area (Å²) < 4.78 is 10.3. The number of rotatable bonds is 2. The minimum absolute atomic E-state index is 0.0897. The molecule has 1 aliphatic heterocycles. The van der Waals surface area contributed by atoms with E-state index in [-0.39, 0.29) is 12.1 Å². The van der Waals surface area contributed by atoms with Crippen LogP contribution in [0, 0.1) is 5.41 Å². The van der Waals surface area contributed by atoms with E-state index in [1.807, 2.05) is 20.8 Å². The fourth-order valence-corrected chi connectivity index (χ4v) is 1.39. The Balaban J connectivity index is 2.38. The van der Waals surface area contributed by atoms with E-state index in [9.17, 15) is 9.59 Å². The van der Waals surface area contributed by atoms with Crippen LogP contribution in [0.25, 0.3) is 0 Å². The zero-order chi connectivity index (χ0) is 16.3. The Kier molecular flexibility index (Phi) is 5.09. The summed E-state index contributed by atoms with van der Waals surface area (Å²) in [5.41, 5.74) is 1.87. The van der Waals surface area contributed by atoms with Crippen LogP contribution in [0.4, 0.5) is 9.59 Å². The van der Waals surface area contributed by atoms with Crippen LogP contribution in [0.1, 0.15) is 41.5 Å². The molecule has 0 radical (unpaired) electrons. The van der Waals surface area contributed by atoms with Crippen molar-refractivity contribution < 1.29 is 19.1 Å². The van der Waals surface area contributed by atoms with Crippen LogP contribution in [-0.2, 0) is 9.47 Å². The predicted octanol–water partition coefficient (Wildman–Crippen LogP) is 2.66. The van der Waals surface area contributed by atoms with Gasteiger partial charge in [-0.1, -0.05) is 20.8 Å². The van der Waals surface area contributed by atoms with Crippen molar-refractivity contribution >= 4 is 12.2 Å². The number of hydrogen-bond donors (Lipinski definition) is 1. The third-order valence-corrected chi connectivity index (χ3v) is 2.23. The molecular weight excluding hydrogens is 274 g/mol. The molecule has 0 saturated carbocycles. The quantitative estimate of drug-likeness (QED) is 0.848. The average molecular weight is 299 g/mol. The van der Waals surface area contributed by atoms with Crippen LogP contribution in [0.2, 0.25) is 0 Å². The molecule has 7 nitrogen and oxygen atoms in total. The van der Waals surface area contributed by atoms with Crippen molar-refractivity contribution in [2.45, 2.75) is 47.1 Å². The van der Waals surface area contributed by atoms with Crippen molar-refractivity contribution in [1.82, 2.24) is 15.3 Å². The van der Waals surface area contributed by atoms with E-state index in [2.05, 4.69) is 5.43 Å². The van der Waals surface area contributed by atoms with Gasteiger partial charge in [-0.15, -0.1) is 0 Å². The first-order valence-electron chi connectivity index (χ1n) is 6.84. The predicted molar refractivity (Wildman–Crippen MR) is 77.9 cm³/mol. The third-order valence-electron chi connectivity index (χ3n) is 2.23. The molecule has 0 unspecified atom stereocenters. The molecule has 120 valence electrons. The first-order valence-corrected chi connectivity index (χ1v) is 6.84. The molecule has 0 fully saturated rings. The minimum Gasteiger partial charge on any atom is -0.449 e. The second-order valence-corrected chi connectivity index (χ2v) is 7.11. The molecule has 0 aromatic heterocycles. The molecular formula is C14H25N3O4. The Bertz CT molecular complexity index is 421. The van der Waals surface area contributed by atoms with E-state index < -0.39 is 17.8 Å². The third kappa shape index (κ3) is 6.87. The molecule has 7 heteroatoms. The largest absolute Gasteiger partial charge is 0.449 e. The highest BCUT2D eigenvalue weighted by Crippen LogP contribution is 2.15. The number of carbonyl (C=O) groups is 2. The van der Waals surface area contributed by atoms with Crippen molar-refractivity contribution in [1.29, 1.82) is 0 Å². The molecule has 1 heterocycles. The van der Waals surface area contributed by atoms with Gasteiger partial charge in [-0.2, -0.15) is 0 Å². The van der Waals surface area contributed by atoms with Gasteiger partial charge < -0.3 is 9.47 Å². The highest BCUT2D eigenvalue weighted by Gasteiger charge is 2.24. The molecule has 0 saturated heterocycles. The van der Waals surface area contributed by atoms with Gasteiger partial charge in [0.1, 0.15) is 12.3 Å². The summed E-state index contributed by atoms with van der Waals surface area (Å²) in [6.07, 6.45) is 2.09. The molecule has 1 aliphatic rings. The number of nitrogens with zero attached hydrogens (tertiary/aromatic N) is 2. The molecule has 21 heavy (non-hydrogen) atoms. The van der Waals surface area contributed by atoms with Gasteiger partial charge in [0.2, 0.25) is 0 Å². The fourth-order valence-electron chi connectivity index (χ4n) is 1.39. The van der Waals surface area contributed by atoms with Crippen LogP contribution < -0.4 is 5.43 Å². The van der Waals surface area contributed by atoms with Gasteiger partial charge in [0, 0.05) is 12.4 Å². The number of nitrogens with one attached hydrogen (secondary N) is 1. The fraction of sp³-hybridized carbons (Fsp3) is 0.714. The molecule has 0 aromatic rings. The summed E-state index contributed by atoms with van der Waals surface area (Å²) in [5.74, 6) is 0. The molecule has 1 N–H and O–H groups in total. The van der Waals surface area contributed by atoms with Crippen LogP contribution in [0.3, 0.4) is 0 Å². The van der Waals surface area contributed by atoms with Crippen molar-refractivity contribution in [2.24, 2.45) is 5.41 Å². The number of amides is 2. The van der Waals surface area contributed by atoms with Gasteiger partial charge in [-0.25, -0.2) is 15.0 Å². The highest BCUT2D eigenvalue weighted by molar-refractivity contribution is 5.70. The average Bonchev–Trinajstić information content (AvgIpc) is 2.70. The van der Waals surface area contributed by atoms with Gasteiger partial charge in [0.05, 0.1) is 6.61 Å². The van der Waals surface area contributed by atoms with Crippen LogP contribution >= 0.6 is 0 Å². The summed E-state index contributed by atoms with van der Waals surface area (Å²) in [7, 11) is 0. The Morgan fingerprint density at radius 1 is 1.14 bits per heavy atom. The van der Waals surface area contributed by atoms with Gasteiger partial charge >= 0.3 is 12.2 Å². The lowest BCUT2D eigenvalue weighted by Crippen LogP contribution is -2.44. The van der Waals surface area contributed by atoms with E-state index in [4.69, 9.17) is 9.47 Å². The van der Waals surface area contributed by atoms with Crippen LogP contribution in [-0.4, -0.2) is 41.0 Å². The molecule has 0 spiro atoms. The van der Waals surface area contributed by atoms with E-state index >= 15 is 0 Å². The lowest BCUT2D eigenvalue weighted by Gasteiger charge is -2.24. The Labute approximate surface area is 125 Å². The normalized spacial score (nSPS) is 15.1. The maximum Gasteiger partial charge on any atom is 0.426 e. The Morgan fingerprint density at radius 2 is 1.76 bits per heavy atom. The zero-order valence-corrected chi connectivity index (χ0v) is 13.6. The molecule has 1 rings (SSSR count). The Hall–Kier alpha value is -1.92. The van der Waals surface area contributed by atoms with Crippen LogP contribution in [0.15, 0.2) is 12.4 Å². The number of hydrazine groups is 1. The smallest absolute Gasteiger partial charge is 0.426 e. The SMILES string of the molecule is CC(C)(C)COC(=O)N1C=CN(NC(=O)OC(C)(C)C)C1. The van der Waals surface area contributed by atoms with E-state index in [1.165, 1.54) is 9.91 Å². The van der Waals surface area contributed by atoms with Gasteiger partial charge in [-0.3, -0.25) is 9.91 Å². The summed E-state index contributed by atoms with van der Waals surface area (Å²) in [5, 5.41) is 1.45. The lowest BCUT2D eigenvalue weighted by molar-refractivity contribution is 0.0350. The van der Waals surface area contributed by atoms with Gasteiger partial charge in [0.15, 0.2) is 0 Å². The molecule has 2 amide bonds. The number of ether oxygens (including phenoxy) is 2. The molecule has 0 aromatic carbocycles. The summed E-state index contributed by atoms with van der Waals surface area (Å²) in [6, 6.07) is 0. The monoisotopic (exact) mass is 299 g/mol. The maximum absolute atomic E-state index is 11.8. The molecule has 0 bridgehead atoms. The van der Waals surface area contributed by atoms with Crippen molar-refractivity contribution in [3.05, 3.63) is 12.4 Å². The molecule has 0 aliphatic carbocycles. The first-order chi connectivity index (χ1) is 9.46. The summed E-state index contributed by atoms with van der Waals surface area (Å²) in [6.45, 7) is 11.8. The van der Waals surface area contributed by atoms with Gasteiger partial charge in [0.25, 0.3) is 0 Å².